The average molecular weight is 355 g/mol. The third-order valence-corrected chi connectivity index (χ3v) is 4.18. The molecule has 136 valence electrons. The SMILES string of the molecule is CC(=O)C(C(C)=O)C(C[N+](=O)[O-])c1ccccc1OCc1ccccc1. The molecule has 0 heterocycles. The highest BCUT2D eigenvalue weighted by molar-refractivity contribution is 6.01. The number of benzene rings is 2. The van der Waals surface area contributed by atoms with Crippen molar-refractivity contribution in [3.8, 4) is 5.75 Å². The lowest BCUT2D eigenvalue weighted by Crippen LogP contribution is -2.31. The molecule has 0 amide bonds. The van der Waals surface area contributed by atoms with Gasteiger partial charge in [-0.3, -0.25) is 19.7 Å². The number of rotatable bonds is 9. The van der Waals surface area contributed by atoms with Gasteiger partial charge in [0.15, 0.2) is 0 Å². The summed E-state index contributed by atoms with van der Waals surface area (Å²) in [5.41, 5.74) is 1.44. The Kier molecular flexibility index (Phi) is 6.60. The number of Topliss-reactive ketones (excluding diaryl/α,β-unsaturated/α-hetero) is 2. The zero-order valence-electron chi connectivity index (χ0n) is 14.8. The topological polar surface area (TPSA) is 86.5 Å². The first-order chi connectivity index (χ1) is 12.4. The van der Waals surface area contributed by atoms with Crippen LogP contribution in [0.3, 0.4) is 0 Å². The van der Waals surface area contributed by atoms with Crippen molar-refractivity contribution < 1.29 is 19.2 Å². The number of carbonyl (C=O) groups is 2. The Morgan fingerprint density at radius 3 is 2.15 bits per heavy atom. The van der Waals surface area contributed by atoms with E-state index in [0.717, 1.165) is 5.56 Å². The van der Waals surface area contributed by atoms with Crippen molar-refractivity contribution in [2.45, 2.75) is 26.4 Å². The van der Waals surface area contributed by atoms with E-state index in [4.69, 9.17) is 4.74 Å². The van der Waals surface area contributed by atoms with Gasteiger partial charge in [0.05, 0.1) is 11.8 Å². The summed E-state index contributed by atoms with van der Waals surface area (Å²) in [6, 6.07) is 16.3. The molecule has 0 saturated carbocycles. The lowest BCUT2D eigenvalue weighted by molar-refractivity contribution is -0.484. The Morgan fingerprint density at radius 1 is 1.00 bits per heavy atom. The van der Waals surface area contributed by atoms with Gasteiger partial charge in [-0.05, 0) is 25.5 Å². The van der Waals surface area contributed by atoms with Crippen molar-refractivity contribution in [1.29, 1.82) is 0 Å². The number of nitrogens with zero attached hydrogens (tertiary/aromatic N) is 1. The fourth-order valence-electron chi connectivity index (χ4n) is 3.05. The second-order valence-electron chi connectivity index (χ2n) is 6.13. The molecule has 0 N–H and O–H groups in total. The average Bonchev–Trinajstić information content (AvgIpc) is 2.59. The molecule has 0 fully saturated rings. The van der Waals surface area contributed by atoms with Gasteiger partial charge >= 0.3 is 0 Å². The Balaban J connectivity index is 2.36. The molecule has 6 nitrogen and oxygen atoms in total. The van der Waals surface area contributed by atoms with E-state index in [2.05, 4.69) is 0 Å². The van der Waals surface area contributed by atoms with Gasteiger partial charge in [0.25, 0.3) is 0 Å². The molecule has 0 aliphatic rings. The predicted molar refractivity (Wildman–Crippen MR) is 96.7 cm³/mol. The second-order valence-corrected chi connectivity index (χ2v) is 6.13. The zero-order valence-corrected chi connectivity index (χ0v) is 14.8. The molecule has 0 radical (unpaired) electrons. The highest BCUT2D eigenvalue weighted by atomic mass is 16.6. The number of hydrogen-bond donors (Lipinski definition) is 0. The normalized spacial score (nSPS) is 11.8. The van der Waals surface area contributed by atoms with Crippen LogP contribution in [0.4, 0.5) is 0 Å². The van der Waals surface area contributed by atoms with E-state index in [9.17, 15) is 19.7 Å². The van der Waals surface area contributed by atoms with Crippen molar-refractivity contribution in [3.05, 3.63) is 75.8 Å². The molecular weight excluding hydrogens is 334 g/mol. The van der Waals surface area contributed by atoms with Gasteiger partial charge in [0.2, 0.25) is 6.54 Å². The number of hydrogen-bond acceptors (Lipinski definition) is 5. The van der Waals surface area contributed by atoms with E-state index in [-0.39, 0.29) is 18.2 Å². The number of nitro groups is 1. The van der Waals surface area contributed by atoms with Crippen LogP contribution in [0.2, 0.25) is 0 Å². The highest BCUT2D eigenvalue weighted by Crippen LogP contribution is 2.34. The first-order valence-corrected chi connectivity index (χ1v) is 8.28. The molecule has 1 atom stereocenters. The largest absolute Gasteiger partial charge is 0.489 e. The number of ether oxygens (including phenoxy) is 1. The Hall–Kier alpha value is -3.02. The lowest BCUT2D eigenvalue weighted by atomic mass is 9.81. The molecule has 2 aromatic carbocycles. The minimum Gasteiger partial charge on any atom is -0.489 e. The van der Waals surface area contributed by atoms with Crippen LogP contribution in [0.1, 0.15) is 30.9 Å². The summed E-state index contributed by atoms with van der Waals surface area (Å²) >= 11 is 0. The number of carbonyl (C=O) groups excluding carboxylic acids is 2. The molecule has 0 aliphatic heterocycles. The maximum atomic E-state index is 12.0. The number of ketones is 2. The third kappa shape index (κ3) is 4.99. The fourth-order valence-corrected chi connectivity index (χ4v) is 3.05. The van der Waals surface area contributed by atoms with E-state index >= 15 is 0 Å². The van der Waals surface area contributed by atoms with E-state index in [1.54, 1.807) is 24.3 Å². The minimum atomic E-state index is -1.07. The molecule has 0 saturated heterocycles. The first kappa shape index (κ1) is 19.3. The maximum absolute atomic E-state index is 12.0. The molecule has 0 spiro atoms. The summed E-state index contributed by atoms with van der Waals surface area (Å²) in [5.74, 6) is -2.27. The van der Waals surface area contributed by atoms with Gasteiger partial charge < -0.3 is 4.74 Å². The Bertz CT molecular complexity index is 774. The van der Waals surface area contributed by atoms with Crippen LogP contribution in [0.15, 0.2) is 54.6 Å². The van der Waals surface area contributed by atoms with Crippen molar-refractivity contribution in [2.24, 2.45) is 5.92 Å². The molecular formula is C20H21NO5. The zero-order chi connectivity index (χ0) is 19.1. The third-order valence-electron chi connectivity index (χ3n) is 4.18. The highest BCUT2D eigenvalue weighted by Gasteiger charge is 2.36. The summed E-state index contributed by atoms with van der Waals surface area (Å²) in [4.78, 5) is 34.6. The molecule has 6 heteroatoms. The summed E-state index contributed by atoms with van der Waals surface area (Å²) in [7, 11) is 0. The van der Waals surface area contributed by atoms with Gasteiger partial charge in [0.1, 0.15) is 23.9 Å². The minimum absolute atomic E-state index is 0.286. The van der Waals surface area contributed by atoms with Crippen molar-refractivity contribution in [1.82, 2.24) is 0 Å². The summed E-state index contributed by atoms with van der Waals surface area (Å²) in [6.45, 7) is 2.34. The van der Waals surface area contributed by atoms with Crippen LogP contribution < -0.4 is 4.74 Å². The van der Waals surface area contributed by atoms with Gasteiger partial charge in [-0.2, -0.15) is 0 Å². The van der Waals surface area contributed by atoms with E-state index < -0.39 is 23.3 Å². The van der Waals surface area contributed by atoms with Gasteiger partial charge in [-0.25, -0.2) is 0 Å². The van der Waals surface area contributed by atoms with Crippen molar-refractivity contribution >= 4 is 11.6 Å². The van der Waals surface area contributed by atoms with Crippen LogP contribution in [-0.2, 0) is 16.2 Å². The lowest BCUT2D eigenvalue weighted by Gasteiger charge is -2.22. The molecule has 1 unspecified atom stereocenters. The van der Waals surface area contributed by atoms with Gasteiger partial charge in [-0.15, -0.1) is 0 Å². The summed E-state index contributed by atoms with van der Waals surface area (Å²) in [5, 5.41) is 11.2. The van der Waals surface area contributed by atoms with Crippen LogP contribution in [0, 0.1) is 16.0 Å². The molecule has 2 aromatic rings. The van der Waals surface area contributed by atoms with Crippen molar-refractivity contribution in [2.75, 3.05) is 6.54 Å². The van der Waals surface area contributed by atoms with Crippen LogP contribution in [0.25, 0.3) is 0 Å². The van der Waals surface area contributed by atoms with Gasteiger partial charge in [-0.1, -0.05) is 48.5 Å². The van der Waals surface area contributed by atoms with E-state index in [1.807, 2.05) is 30.3 Å². The standard InChI is InChI=1S/C20H21NO5/c1-14(22)20(15(2)23)18(12-21(24)25)17-10-6-7-11-19(17)26-13-16-8-4-3-5-9-16/h3-11,18,20H,12-13H2,1-2H3. The quantitative estimate of drug-likeness (QED) is 0.391. The molecule has 2 rings (SSSR count). The smallest absolute Gasteiger partial charge is 0.211 e. The maximum Gasteiger partial charge on any atom is 0.211 e. The molecule has 0 aliphatic carbocycles. The summed E-state index contributed by atoms with van der Waals surface area (Å²) in [6.07, 6.45) is 0. The van der Waals surface area contributed by atoms with E-state index in [0.29, 0.717) is 11.3 Å². The Labute approximate surface area is 151 Å². The fraction of sp³-hybridized carbons (Fsp3) is 0.300. The predicted octanol–water partition coefficient (Wildman–Crippen LogP) is 3.42. The van der Waals surface area contributed by atoms with Crippen LogP contribution in [0.5, 0.6) is 5.75 Å². The number of para-hydroxylation sites is 1. The van der Waals surface area contributed by atoms with Crippen LogP contribution >= 0.6 is 0 Å². The second kappa shape index (κ2) is 8.89. The van der Waals surface area contributed by atoms with E-state index in [1.165, 1.54) is 13.8 Å². The molecule has 0 aromatic heterocycles. The molecule has 26 heavy (non-hydrogen) atoms. The monoisotopic (exact) mass is 355 g/mol. The van der Waals surface area contributed by atoms with Crippen molar-refractivity contribution in [3.63, 3.8) is 0 Å². The van der Waals surface area contributed by atoms with Crippen LogP contribution in [-0.4, -0.2) is 23.0 Å². The Morgan fingerprint density at radius 2 is 1.58 bits per heavy atom. The molecule has 0 bridgehead atoms. The summed E-state index contributed by atoms with van der Waals surface area (Å²) < 4.78 is 5.85. The van der Waals surface area contributed by atoms with Gasteiger partial charge in [0, 0.05) is 10.5 Å². The first-order valence-electron chi connectivity index (χ1n) is 8.28.